The van der Waals surface area contributed by atoms with Crippen molar-refractivity contribution in [2.75, 3.05) is 5.32 Å². The lowest BCUT2D eigenvalue weighted by Gasteiger charge is -2.13. The highest BCUT2D eigenvalue weighted by Gasteiger charge is 2.12. The van der Waals surface area contributed by atoms with Crippen LogP contribution in [-0.4, -0.2) is 26.2 Å². The molecule has 1 atom stereocenters. The van der Waals surface area contributed by atoms with Crippen molar-refractivity contribution in [2.24, 2.45) is 0 Å². The highest BCUT2D eigenvalue weighted by atomic mass is 32.1. The molecule has 0 saturated heterocycles. The number of amides is 2. The smallest absolute Gasteiger partial charge is 0.321 e. The maximum Gasteiger partial charge on any atom is 0.321 e. The van der Waals surface area contributed by atoms with Gasteiger partial charge in [0, 0.05) is 18.6 Å². The van der Waals surface area contributed by atoms with Gasteiger partial charge < -0.3 is 5.32 Å². The van der Waals surface area contributed by atoms with Gasteiger partial charge in [0.05, 0.1) is 6.04 Å². The molecule has 2 N–H and O–H groups in total. The minimum Gasteiger partial charge on any atom is -0.331 e. The minimum absolute atomic E-state index is 0.138. The summed E-state index contributed by atoms with van der Waals surface area (Å²) in [5, 5.41) is 14.6. The standard InChI is InChI=1S/C15H14N6OS/c1-10(11-5-8-16-9-6-11)18-14(22)19-15-21-20-13(23-15)12-4-2-3-7-17-12/h2-10H,1H3,(H2,18,19,21,22)/t10-/m0/s1. The van der Waals surface area contributed by atoms with Gasteiger partial charge in [-0.1, -0.05) is 17.4 Å². The summed E-state index contributed by atoms with van der Waals surface area (Å²) < 4.78 is 0. The van der Waals surface area contributed by atoms with Gasteiger partial charge in [-0.25, -0.2) is 4.79 Å². The van der Waals surface area contributed by atoms with Crippen LogP contribution in [0.1, 0.15) is 18.5 Å². The Morgan fingerprint density at radius 2 is 1.96 bits per heavy atom. The van der Waals surface area contributed by atoms with Gasteiger partial charge in [0.1, 0.15) is 5.69 Å². The number of aromatic nitrogens is 4. The maximum atomic E-state index is 12.0. The van der Waals surface area contributed by atoms with E-state index in [-0.39, 0.29) is 12.1 Å². The second kappa shape index (κ2) is 6.93. The van der Waals surface area contributed by atoms with E-state index in [1.54, 1.807) is 18.6 Å². The van der Waals surface area contributed by atoms with Crippen LogP contribution in [0.4, 0.5) is 9.93 Å². The molecule has 116 valence electrons. The van der Waals surface area contributed by atoms with Gasteiger partial charge in [0.25, 0.3) is 0 Å². The third-order valence-corrected chi connectivity index (χ3v) is 3.94. The van der Waals surface area contributed by atoms with Crippen LogP contribution < -0.4 is 10.6 Å². The predicted molar refractivity (Wildman–Crippen MR) is 87.9 cm³/mol. The van der Waals surface area contributed by atoms with Crippen LogP contribution in [0.5, 0.6) is 0 Å². The topological polar surface area (TPSA) is 92.7 Å². The SMILES string of the molecule is C[C@H](NC(=O)Nc1nnc(-c2ccccn2)s1)c1ccncc1. The first-order valence-corrected chi connectivity index (χ1v) is 7.76. The molecule has 3 aromatic heterocycles. The van der Waals surface area contributed by atoms with Crippen molar-refractivity contribution in [3.05, 3.63) is 54.5 Å². The van der Waals surface area contributed by atoms with Crippen molar-refractivity contribution in [3.63, 3.8) is 0 Å². The van der Waals surface area contributed by atoms with Gasteiger partial charge in [-0.05, 0) is 36.8 Å². The number of urea groups is 1. The number of anilines is 1. The molecule has 0 aliphatic carbocycles. The molecule has 3 heterocycles. The van der Waals surface area contributed by atoms with Crippen LogP contribution in [-0.2, 0) is 0 Å². The Bertz CT molecular complexity index is 777. The third-order valence-electron chi connectivity index (χ3n) is 3.08. The summed E-state index contributed by atoms with van der Waals surface area (Å²) in [6.45, 7) is 1.90. The molecule has 0 bridgehead atoms. The number of nitrogens with zero attached hydrogens (tertiary/aromatic N) is 4. The van der Waals surface area contributed by atoms with E-state index in [4.69, 9.17) is 0 Å². The first kappa shape index (κ1) is 15.0. The number of hydrogen-bond acceptors (Lipinski definition) is 6. The van der Waals surface area contributed by atoms with E-state index in [0.717, 1.165) is 11.3 Å². The van der Waals surface area contributed by atoms with E-state index < -0.39 is 0 Å². The van der Waals surface area contributed by atoms with E-state index in [0.29, 0.717) is 10.1 Å². The molecule has 23 heavy (non-hydrogen) atoms. The highest BCUT2D eigenvalue weighted by molar-refractivity contribution is 7.18. The fourth-order valence-electron chi connectivity index (χ4n) is 1.93. The molecule has 0 radical (unpaired) electrons. The Balaban J connectivity index is 1.61. The van der Waals surface area contributed by atoms with Crippen LogP contribution in [0.25, 0.3) is 10.7 Å². The van der Waals surface area contributed by atoms with Crippen LogP contribution in [0, 0.1) is 0 Å². The summed E-state index contributed by atoms with van der Waals surface area (Å²) in [5.41, 5.74) is 1.70. The van der Waals surface area contributed by atoms with Gasteiger partial charge in [-0.3, -0.25) is 15.3 Å². The summed E-state index contributed by atoms with van der Waals surface area (Å²) in [6, 6.07) is 8.79. The number of pyridine rings is 2. The fourth-order valence-corrected chi connectivity index (χ4v) is 2.65. The molecule has 2 amide bonds. The van der Waals surface area contributed by atoms with Crippen molar-refractivity contribution >= 4 is 22.5 Å². The van der Waals surface area contributed by atoms with Crippen molar-refractivity contribution in [3.8, 4) is 10.7 Å². The summed E-state index contributed by atoms with van der Waals surface area (Å²) in [6.07, 6.45) is 5.07. The Kier molecular flexibility index (Phi) is 4.53. The molecule has 0 saturated carbocycles. The zero-order chi connectivity index (χ0) is 16.1. The molecule has 3 aromatic rings. The number of carbonyl (C=O) groups excluding carboxylic acids is 1. The van der Waals surface area contributed by atoms with Gasteiger partial charge >= 0.3 is 6.03 Å². The summed E-state index contributed by atoms with van der Waals surface area (Å²) in [7, 11) is 0. The van der Waals surface area contributed by atoms with Crippen LogP contribution in [0.3, 0.4) is 0 Å². The zero-order valence-corrected chi connectivity index (χ0v) is 13.1. The summed E-state index contributed by atoms with van der Waals surface area (Å²) in [4.78, 5) is 20.2. The predicted octanol–water partition coefficient (Wildman–Crippen LogP) is 2.88. The molecular formula is C15H14N6OS. The van der Waals surface area contributed by atoms with E-state index in [2.05, 4.69) is 30.8 Å². The molecular weight excluding hydrogens is 312 g/mol. The second-order valence-electron chi connectivity index (χ2n) is 4.73. The van der Waals surface area contributed by atoms with Crippen LogP contribution in [0.2, 0.25) is 0 Å². The van der Waals surface area contributed by atoms with E-state index in [1.807, 2.05) is 37.3 Å². The molecule has 0 spiro atoms. The highest BCUT2D eigenvalue weighted by Crippen LogP contribution is 2.24. The minimum atomic E-state index is -0.335. The monoisotopic (exact) mass is 326 g/mol. The number of rotatable bonds is 4. The second-order valence-corrected chi connectivity index (χ2v) is 5.71. The molecule has 8 heteroatoms. The molecule has 0 unspecified atom stereocenters. The summed E-state index contributed by atoms with van der Waals surface area (Å²) >= 11 is 1.27. The fraction of sp³-hybridized carbons (Fsp3) is 0.133. The van der Waals surface area contributed by atoms with Gasteiger partial charge in [0.2, 0.25) is 5.13 Å². The van der Waals surface area contributed by atoms with Crippen molar-refractivity contribution in [2.45, 2.75) is 13.0 Å². The summed E-state index contributed by atoms with van der Waals surface area (Å²) in [5.74, 6) is 0. The van der Waals surface area contributed by atoms with E-state index >= 15 is 0 Å². The van der Waals surface area contributed by atoms with Crippen molar-refractivity contribution < 1.29 is 4.79 Å². The number of nitrogens with one attached hydrogen (secondary N) is 2. The zero-order valence-electron chi connectivity index (χ0n) is 12.3. The Hall–Kier alpha value is -2.87. The normalized spacial score (nSPS) is 11.7. The first-order valence-electron chi connectivity index (χ1n) is 6.95. The molecule has 0 fully saturated rings. The van der Waals surface area contributed by atoms with E-state index in [1.165, 1.54) is 11.3 Å². The van der Waals surface area contributed by atoms with Crippen LogP contribution >= 0.6 is 11.3 Å². The molecule has 0 aromatic carbocycles. The number of carbonyl (C=O) groups is 1. The first-order chi connectivity index (χ1) is 11.2. The van der Waals surface area contributed by atoms with Crippen LogP contribution in [0.15, 0.2) is 48.9 Å². The van der Waals surface area contributed by atoms with Gasteiger partial charge in [0.15, 0.2) is 5.01 Å². The quantitative estimate of drug-likeness (QED) is 0.769. The Morgan fingerprint density at radius 1 is 1.13 bits per heavy atom. The molecule has 0 aliphatic heterocycles. The number of hydrogen-bond donors (Lipinski definition) is 2. The molecule has 0 aliphatic rings. The lowest BCUT2D eigenvalue weighted by Crippen LogP contribution is -2.31. The molecule has 3 rings (SSSR count). The Morgan fingerprint density at radius 3 is 2.70 bits per heavy atom. The van der Waals surface area contributed by atoms with Crippen molar-refractivity contribution in [1.82, 2.24) is 25.5 Å². The van der Waals surface area contributed by atoms with Gasteiger partial charge in [-0.2, -0.15) is 0 Å². The average Bonchev–Trinajstić information content (AvgIpc) is 3.04. The third kappa shape index (κ3) is 3.86. The lowest BCUT2D eigenvalue weighted by molar-refractivity contribution is 0.249. The maximum absolute atomic E-state index is 12.0. The lowest BCUT2D eigenvalue weighted by atomic mass is 10.1. The van der Waals surface area contributed by atoms with E-state index in [9.17, 15) is 4.79 Å². The Labute approximate surface area is 136 Å². The molecule has 7 nitrogen and oxygen atoms in total. The largest absolute Gasteiger partial charge is 0.331 e. The average molecular weight is 326 g/mol. The van der Waals surface area contributed by atoms with Crippen molar-refractivity contribution in [1.29, 1.82) is 0 Å². The van der Waals surface area contributed by atoms with Gasteiger partial charge in [-0.15, -0.1) is 10.2 Å².